The maximum absolute atomic E-state index is 14.2. The van der Waals surface area contributed by atoms with Gasteiger partial charge in [-0.15, -0.1) is 11.8 Å². The minimum absolute atomic E-state index is 0.0609. The van der Waals surface area contributed by atoms with Crippen LogP contribution in [0.15, 0.2) is 136 Å². The first-order chi connectivity index (χ1) is 30.5. The van der Waals surface area contributed by atoms with E-state index in [2.05, 4.69) is 10.2 Å². The number of ether oxygens (including phenoxy) is 1. The van der Waals surface area contributed by atoms with E-state index in [0.717, 1.165) is 39.4 Å². The number of benzene rings is 5. The van der Waals surface area contributed by atoms with E-state index >= 15 is 0 Å². The molecule has 0 spiro atoms. The van der Waals surface area contributed by atoms with Crippen molar-refractivity contribution in [2.75, 3.05) is 74.2 Å². The maximum atomic E-state index is 14.2. The molecule has 2 fully saturated rings. The molecule has 340 valence electrons. The number of sulfonamides is 1. The van der Waals surface area contributed by atoms with Crippen molar-refractivity contribution in [1.82, 2.24) is 9.62 Å². The van der Waals surface area contributed by atoms with Gasteiger partial charge in [0.1, 0.15) is 4.90 Å². The Morgan fingerprint density at radius 1 is 0.828 bits per heavy atom. The molecule has 0 bridgehead atoms. The van der Waals surface area contributed by atoms with E-state index in [-0.39, 0.29) is 5.56 Å². The standard InChI is InChI=1S/C45H47ClF3N4O7PS3/c46-36-14-10-33(11-15-36)41-9-5-4-6-35(41)31-61(55)28-24-53(25-29-61)38-16-12-34(13-17-38)44(54)51-64(58,59)40-18-19-42(43(30-40)63(56,57)45(47,48)49)50-37(20-21-52-22-26-60-27-23-52)32-62-39-7-2-1-3-8-39/h1-19,30,37,50H,20-29,31-32H2,(H,51,54)/t37-/m1/s1. The summed E-state index contributed by atoms with van der Waals surface area (Å²) in [5.74, 6) is -0.716. The number of sulfone groups is 1. The molecule has 5 aromatic rings. The lowest BCUT2D eigenvalue weighted by atomic mass is 10.0. The summed E-state index contributed by atoms with van der Waals surface area (Å²) >= 11 is 7.53. The molecule has 2 N–H and O–H groups in total. The van der Waals surface area contributed by atoms with Crippen LogP contribution in [0.3, 0.4) is 0 Å². The molecule has 1 atom stereocenters. The second-order valence-electron chi connectivity index (χ2n) is 15.6. The van der Waals surface area contributed by atoms with Gasteiger partial charge in [-0.3, -0.25) is 9.69 Å². The maximum Gasteiger partial charge on any atom is 0.501 e. The summed E-state index contributed by atoms with van der Waals surface area (Å²) in [7, 11) is -13.5. The van der Waals surface area contributed by atoms with Gasteiger partial charge >= 0.3 is 5.51 Å². The number of carbonyl (C=O) groups excluding carboxylic acids is 1. The molecule has 5 aromatic carbocycles. The second-order valence-corrected chi connectivity index (χ2v) is 24.1. The molecule has 7 rings (SSSR count). The Bertz CT molecular complexity index is 2680. The highest BCUT2D eigenvalue weighted by molar-refractivity contribution is 7.99. The number of anilines is 2. The number of amides is 1. The third-order valence-electron chi connectivity index (χ3n) is 11.2. The lowest BCUT2D eigenvalue weighted by Gasteiger charge is -2.34. The minimum atomic E-state index is -6.07. The zero-order valence-electron chi connectivity index (χ0n) is 34.5. The highest BCUT2D eigenvalue weighted by Gasteiger charge is 2.48. The van der Waals surface area contributed by atoms with Crippen LogP contribution in [-0.4, -0.2) is 103 Å². The molecule has 64 heavy (non-hydrogen) atoms. The van der Waals surface area contributed by atoms with Crippen LogP contribution in [0.25, 0.3) is 11.1 Å². The SMILES string of the molecule is O=C(NS(=O)(=O)c1ccc(N[C@H](CCN2CCOCC2)CSc2ccccc2)c(S(=O)(=O)C(F)(F)F)c1)c1ccc(N2CCP(=O)(Cc3ccccc3-c3ccc(Cl)cc3)CC2)cc1. The van der Waals surface area contributed by atoms with Gasteiger partial charge in [-0.05, 0) is 89.8 Å². The third-order valence-corrected chi connectivity index (χ3v) is 18.4. The summed E-state index contributed by atoms with van der Waals surface area (Å²) in [5.41, 5.74) is -2.53. The summed E-state index contributed by atoms with van der Waals surface area (Å²) in [5, 5.41) is 3.60. The fraction of sp³-hybridized carbons (Fsp3) is 0.311. The van der Waals surface area contributed by atoms with Gasteiger partial charge in [0.25, 0.3) is 25.8 Å². The Morgan fingerprint density at radius 2 is 1.48 bits per heavy atom. The summed E-state index contributed by atoms with van der Waals surface area (Å²) in [6.07, 6.45) is 1.80. The van der Waals surface area contributed by atoms with Gasteiger partial charge in [0, 0.05) is 84.2 Å². The molecule has 0 radical (unpaired) electrons. The summed E-state index contributed by atoms with van der Waals surface area (Å²) < 4.78 is 117. The van der Waals surface area contributed by atoms with Gasteiger partial charge in [0.15, 0.2) is 0 Å². The Hall–Kier alpha value is -4.35. The molecule has 2 aliphatic rings. The minimum Gasteiger partial charge on any atom is -0.380 e. The molecule has 2 heterocycles. The lowest BCUT2D eigenvalue weighted by molar-refractivity contribution is -0.0435. The van der Waals surface area contributed by atoms with Crippen molar-refractivity contribution in [1.29, 1.82) is 0 Å². The zero-order valence-corrected chi connectivity index (χ0v) is 38.6. The van der Waals surface area contributed by atoms with Crippen LogP contribution in [0.5, 0.6) is 0 Å². The molecule has 0 aliphatic carbocycles. The van der Waals surface area contributed by atoms with Gasteiger partial charge in [-0.1, -0.05) is 66.2 Å². The van der Waals surface area contributed by atoms with E-state index in [9.17, 15) is 39.4 Å². The largest absolute Gasteiger partial charge is 0.501 e. The number of nitrogens with one attached hydrogen (secondary N) is 2. The fourth-order valence-electron chi connectivity index (χ4n) is 7.62. The van der Waals surface area contributed by atoms with E-state index in [0.29, 0.717) is 87.7 Å². The van der Waals surface area contributed by atoms with Crippen LogP contribution < -0.4 is 14.9 Å². The first-order valence-corrected chi connectivity index (χ1v) is 27.1. The van der Waals surface area contributed by atoms with Crippen LogP contribution in [-0.2, 0) is 35.3 Å². The van der Waals surface area contributed by atoms with E-state index in [1.54, 1.807) is 12.1 Å². The zero-order chi connectivity index (χ0) is 45.5. The van der Waals surface area contributed by atoms with Crippen LogP contribution in [0.4, 0.5) is 24.5 Å². The van der Waals surface area contributed by atoms with E-state index in [4.69, 9.17) is 16.3 Å². The third kappa shape index (κ3) is 11.9. The van der Waals surface area contributed by atoms with E-state index < -0.39 is 59.9 Å². The number of hydrogen-bond acceptors (Lipinski definition) is 11. The van der Waals surface area contributed by atoms with Crippen molar-refractivity contribution < 1.29 is 44.1 Å². The lowest BCUT2D eigenvalue weighted by Crippen LogP contribution is -2.39. The number of nitrogens with zero attached hydrogens (tertiary/aromatic N) is 2. The molecule has 11 nitrogen and oxygen atoms in total. The van der Waals surface area contributed by atoms with Crippen molar-refractivity contribution >= 4 is 67.6 Å². The summed E-state index contributed by atoms with van der Waals surface area (Å²) in [4.78, 5) is 16.3. The van der Waals surface area contributed by atoms with Crippen LogP contribution in [0, 0.1) is 0 Å². The normalized spacial score (nSPS) is 16.5. The molecular formula is C45H47ClF3N4O7PS3. The number of alkyl halides is 3. The smallest absolute Gasteiger partial charge is 0.380 e. The molecule has 0 unspecified atom stereocenters. The predicted molar refractivity (Wildman–Crippen MR) is 247 cm³/mol. The van der Waals surface area contributed by atoms with Crippen molar-refractivity contribution in [2.24, 2.45) is 0 Å². The van der Waals surface area contributed by atoms with E-state index in [1.165, 1.54) is 23.9 Å². The highest BCUT2D eigenvalue weighted by Crippen LogP contribution is 2.52. The average molecular weight is 976 g/mol. The van der Waals surface area contributed by atoms with Crippen LogP contribution in [0.2, 0.25) is 5.02 Å². The monoisotopic (exact) mass is 974 g/mol. The van der Waals surface area contributed by atoms with Crippen molar-refractivity contribution in [3.63, 3.8) is 0 Å². The molecule has 1 amide bonds. The van der Waals surface area contributed by atoms with Gasteiger partial charge in [0.05, 0.1) is 30.9 Å². The van der Waals surface area contributed by atoms with Gasteiger partial charge in [-0.2, -0.15) is 13.2 Å². The van der Waals surface area contributed by atoms with Crippen LogP contribution in [0.1, 0.15) is 22.3 Å². The Kier molecular flexibility index (Phi) is 15.2. The number of halogens is 4. The number of carbonyl (C=O) groups is 1. The van der Waals surface area contributed by atoms with Crippen molar-refractivity contribution in [3.05, 3.63) is 137 Å². The van der Waals surface area contributed by atoms with Crippen molar-refractivity contribution in [3.8, 4) is 11.1 Å². The Morgan fingerprint density at radius 3 is 2.16 bits per heavy atom. The number of morpholine rings is 1. The first-order valence-electron chi connectivity index (χ1n) is 20.5. The van der Waals surface area contributed by atoms with Crippen LogP contribution >= 0.6 is 30.5 Å². The molecule has 0 aromatic heterocycles. The van der Waals surface area contributed by atoms with Gasteiger partial charge < -0.3 is 19.5 Å². The Balaban J connectivity index is 1.03. The molecule has 2 aliphatic heterocycles. The average Bonchev–Trinajstić information content (AvgIpc) is 3.28. The van der Waals surface area contributed by atoms with Gasteiger partial charge in [-0.25, -0.2) is 21.6 Å². The van der Waals surface area contributed by atoms with Gasteiger partial charge in [0.2, 0.25) is 0 Å². The quantitative estimate of drug-likeness (QED) is 0.0723. The second kappa shape index (κ2) is 20.4. The number of hydrogen-bond donors (Lipinski definition) is 2. The molecular weight excluding hydrogens is 928 g/mol. The fourth-order valence-corrected chi connectivity index (χ4v) is 13.4. The topological polar surface area (TPSA) is 142 Å². The highest BCUT2D eigenvalue weighted by atomic mass is 35.5. The first kappa shape index (κ1) is 47.6. The predicted octanol–water partition coefficient (Wildman–Crippen LogP) is 9.10. The molecule has 2 saturated heterocycles. The molecule has 19 heteroatoms. The summed E-state index contributed by atoms with van der Waals surface area (Å²) in [6, 6.07) is 32.6. The Labute approximate surface area is 381 Å². The summed E-state index contributed by atoms with van der Waals surface area (Å²) in [6.45, 7) is 3.96. The van der Waals surface area contributed by atoms with E-state index in [1.807, 2.05) is 88.5 Å². The number of rotatable bonds is 16. The number of thioether (sulfide) groups is 1. The molecule has 0 saturated carbocycles. The van der Waals surface area contributed by atoms with Crippen molar-refractivity contribution in [2.45, 2.75) is 38.8 Å².